The van der Waals surface area contributed by atoms with E-state index in [9.17, 15) is 14.7 Å². The summed E-state index contributed by atoms with van der Waals surface area (Å²) in [6, 6.07) is 17.0. The molecule has 32 heavy (non-hydrogen) atoms. The first kappa shape index (κ1) is 25.2. The number of hydrogen-bond acceptors (Lipinski definition) is 4. The van der Waals surface area contributed by atoms with E-state index in [0.717, 1.165) is 11.1 Å². The molecular formula is C26H35NO5. The lowest BCUT2D eigenvalue weighted by Crippen LogP contribution is -2.52. The number of ether oxygens (including phenoxy) is 2. The molecule has 0 bridgehead atoms. The largest absolute Gasteiger partial charge is 0.489 e. The molecule has 1 amide bonds. The highest BCUT2D eigenvalue weighted by atomic mass is 16.6. The third-order valence-corrected chi connectivity index (χ3v) is 5.31. The summed E-state index contributed by atoms with van der Waals surface area (Å²) in [4.78, 5) is 26.3. The number of carbonyl (C=O) groups excluding carboxylic acids is 1. The molecule has 0 spiro atoms. The van der Waals surface area contributed by atoms with Crippen LogP contribution in [0, 0.1) is 0 Å². The molecule has 1 N–H and O–H groups in total. The van der Waals surface area contributed by atoms with E-state index in [1.54, 1.807) is 27.7 Å². The molecule has 0 saturated carbocycles. The van der Waals surface area contributed by atoms with Crippen molar-refractivity contribution in [1.29, 1.82) is 0 Å². The normalized spacial score (nSPS) is 20.2. The van der Waals surface area contributed by atoms with Crippen LogP contribution in [0.25, 0.3) is 0 Å². The first-order valence-corrected chi connectivity index (χ1v) is 11.1. The summed E-state index contributed by atoms with van der Waals surface area (Å²) >= 11 is 0. The maximum atomic E-state index is 12.9. The predicted octanol–water partition coefficient (Wildman–Crippen LogP) is 6.21. The molecule has 1 heterocycles. The third-order valence-electron chi connectivity index (χ3n) is 5.31. The molecule has 2 atom stereocenters. The summed E-state index contributed by atoms with van der Waals surface area (Å²) in [5.74, 6) is -0.316. The number of carbonyl (C=O) groups is 2. The Kier molecular flexibility index (Phi) is 8.31. The Bertz CT molecular complexity index is 889. The smallest absolute Gasteiger partial charge is 0.411 e. The number of carboxylic acids is 1. The topological polar surface area (TPSA) is 76.1 Å². The molecule has 2 aromatic rings. The molecule has 0 radical (unpaired) electrons. The minimum atomic E-state index is -1.31. The summed E-state index contributed by atoms with van der Waals surface area (Å²) in [5.41, 5.74) is -0.0857. The second-order valence-corrected chi connectivity index (χ2v) is 8.83. The van der Waals surface area contributed by atoms with E-state index in [0.29, 0.717) is 25.2 Å². The summed E-state index contributed by atoms with van der Waals surface area (Å²) in [6.45, 7) is 11.4. The van der Waals surface area contributed by atoms with Crippen LogP contribution >= 0.6 is 0 Å². The number of carboxylic acid groups (broad SMARTS) is 1. The van der Waals surface area contributed by atoms with Gasteiger partial charge < -0.3 is 14.6 Å². The van der Waals surface area contributed by atoms with Gasteiger partial charge in [0.1, 0.15) is 23.5 Å². The molecule has 6 heteroatoms. The van der Waals surface area contributed by atoms with Crippen molar-refractivity contribution < 1.29 is 24.2 Å². The van der Waals surface area contributed by atoms with E-state index in [2.05, 4.69) is 0 Å². The Morgan fingerprint density at radius 1 is 1.06 bits per heavy atom. The molecule has 1 aliphatic heterocycles. The van der Waals surface area contributed by atoms with E-state index in [4.69, 9.17) is 9.47 Å². The van der Waals surface area contributed by atoms with Crippen LogP contribution in [0.5, 0.6) is 5.75 Å². The number of aliphatic carboxylic acids is 1. The molecule has 174 valence electrons. The average molecular weight is 442 g/mol. The minimum absolute atomic E-state index is 0.360. The van der Waals surface area contributed by atoms with Crippen LogP contribution in [-0.4, -0.2) is 33.2 Å². The molecule has 0 aliphatic carbocycles. The molecule has 3 rings (SSSR count). The SMILES string of the molecule is CC.CC(C)(C)OC(=O)N1[C@H](c2ccc(OCc3ccccc3)cc2)CC[C@]1(C)C(=O)O. The number of benzene rings is 2. The van der Waals surface area contributed by atoms with Crippen LogP contribution in [-0.2, 0) is 16.1 Å². The minimum Gasteiger partial charge on any atom is -0.489 e. The Balaban J connectivity index is 0.00000176. The van der Waals surface area contributed by atoms with Crippen LogP contribution in [0.1, 0.15) is 71.6 Å². The van der Waals surface area contributed by atoms with Gasteiger partial charge in [-0.1, -0.05) is 56.3 Å². The van der Waals surface area contributed by atoms with Gasteiger partial charge in [0, 0.05) is 0 Å². The van der Waals surface area contributed by atoms with Gasteiger partial charge in [-0.05, 0) is 63.8 Å². The van der Waals surface area contributed by atoms with Crippen molar-refractivity contribution in [2.75, 3.05) is 0 Å². The molecule has 0 unspecified atom stereocenters. The fourth-order valence-electron chi connectivity index (χ4n) is 3.70. The molecule has 1 fully saturated rings. The molecule has 1 aliphatic rings. The van der Waals surface area contributed by atoms with Gasteiger partial charge in [0.25, 0.3) is 0 Å². The van der Waals surface area contributed by atoms with E-state index in [1.165, 1.54) is 4.90 Å². The Morgan fingerprint density at radius 3 is 2.19 bits per heavy atom. The van der Waals surface area contributed by atoms with Crippen molar-refractivity contribution in [2.24, 2.45) is 0 Å². The van der Waals surface area contributed by atoms with Crippen molar-refractivity contribution in [2.45, 2.75) is 78.2 Å². The van der Waals surface area contributed by atoms with E-state index >= 15 is 0 Å². The second-order valence-electron chi connectivity index (χ2n) is 8.83. The zero-order valence-electron chi connectivity index (χ0n) is 19.9. The maximum Gasteiger partial charge on any atom is 0.411 e. The number of nitrogens with zero attached hydrogens (tertiary/aromatic N) is 1. The van der Waals surface area contributed by atoms with E-state index < -0.39 is 23.2 Å². The fourth-order valence-corrected chi connectivity index (χ4v) is 3.70. The highest BCUT2D eigenvalue weighted by Gasteiger charge is 2.52. The maximum absolute atomic E-state index is 12.9. The lowest BCUT2D eigenvalue weighted by Gasteiger charge is -2.36. The van der Waals surface area contributed by atoms with Gasteiger partial charge in [-0.2, -0.15) is 0 Å². The van der Waals surface area contributed by atoms with Gasteiger partial charge in [0.2, 0.25) is 0 Å². The van der Waals surface area contributed by atoms with Gasteiger partial charge in [-0.3, -0.25) is 4.90 Å². The number of rotatable bonds is 5. The number of amides is 1. The van der Waals surface area contributed by atoms with Crippen molar-refractivity contribution in [3.63, 3.8) is 0 Å². The molecule has 2 aromatic carbocycles. The number of hydrogen-bond donors (Lipinski definition) is 1. The monoisotopic (exact) mass is 441 g/mol. The van der Waals surface area contributed by atoms with Crippen LogP contribution in [0.4, 0.5) is 4.79 Å². The molecule has 1 saturated heterocycles. The van der Waals surface area contributed by atoms with Crippen molar-refractivity contribution >= 4 is 12.1 Å². The first-order valence-electron chi connectivity index (χ1n) is 11.1. The van der Waals surface area contributed by atoms with E-state index in [1.807, 2.05) is 68.4 Å². The third kappa shape index (κ3) is 6.02. The highest BCUT2D eigenvalue weighted by Crippen LogP contribution is 2.44. The fraction of sp³-hybridized carbons (Fsp3) is 0.462. The molecule has 0 aromatic heterocycles. The van der Waals surface area contributed by atoms with Gasteiger partial charge in [0.15, 0.2) is 0 Å². The summed E-state index contributed by atoms with van der Waals surface area (Å²) < 4.78 is 11.4. The first-order chi connectivity index (χ1) is 15.1. The van der Waals surface area contributed by atoms with Crippen LogP contribution < -0.4 is 4.74 Å². The zero-order chi connectivity index (χ0) is 23.9. The standard InChI is InChI=1S/C24H29NO5.C2H6/c1-23(2,3)30-22(28)25-20(14-15-24(25,4)21(26)27)18-10-12-19(13-11-18)29-16-17-8-6-5-7-9-17;1-2/h5-13,20H,14-16H2,1-4H3,(H,26,27);1-2H3/t20-,24+;/m0./s1. The molecule has 6 nitrogen and oxygen atoms in total. The zero-order valence-corrected chi connectivity index (χ0v) is 19.9. The Morgan fingerprint density at radius 2 is 1.66 bits per heavy atom. The quantitative estimate of drug-likeness (QED) is 0.597. The molecular weight excluding hydrogens is 406 g/mol. The van der Waals surface area contributed by atoms with Gasteiger partial charge in [-0.15, -0.1) is 0 Å². The number of likely N-dealkylation sites (tertiary alicyclic amines) is 1. The van der Waals surface area contributed by atoms with Crippen LogP contribution in [0.3, 0.4) is 0 Å². The lowest BCUT2D eigenvalue weighted by molar-refractivity contribution is -0.149. The Labute approximate surface area is 191 Å². The van der Waals surface area contributed by atoms with Crippen molar-refractivity contribution in [3.05, 3.63) is 65.7 Å². The summed E-state index contributed by atoms with van der Waals surface area (Å²) in [7, 11) is 0. The van der Waals surface area contributed by atoms with E-state index in [-0.39, 0.29) is 6.04 Å². The second kappa shape index (κ2) is 10.5. The summed E-state index contributed by atoms with van der Waals surface area (Å²) in [6.07, 6.45) is 0.296. The highest BCUT2D eigenvalue weighted by molar-refractivity contribution is 5.85. The van der Waals surface area contributed by atoms with Gasteiger partial charge in [0.05, 0.1) is 6.04 Å². The lowest BCUT2D eigenvalue weighted by atomic mass is 9.99. The van der Waals surface area contributed by atoms with Crippen LogP contribution in [0.2, 0.25) is 0 Å². The van der Waals surface area contributed by atoms with Gasteiger partial charge >= 0.3 is 12.1 Å². The van der Waals surface area contributed by atoms with Gasteiger partial charge in [-0.25, -0.2) is 9.59 Å². The average Bonchev–Trinajstić information content (AvgIpc) is 3.12. The summed E-state index contributed by atoms with van der Waals surface area (Å²) in [5, 5.41) is 9.81. The Hall–Kier alpha value is -3.02. The van der Waals surface area contributed by atoms with Crippen molar-refractivity contribution in [3.8, 4) is 5.75 Å². The van der Waals surface area contributed by atoms with Crippen molar-refractivity contribution in [1.82, 2.24) is 4.90 Å². The van der Waals surface area contributed by atoms with Crippen LogP contribution in [0.15, 0.2) is 54.6 Å². The predicted molar refractivity (Wildman–Crippen MR) is 125 cm³/mol.